The van der Waals surface area contributed by atoms with Gasteiger partial charge in [0.1, 0.15) is 6.67 Å². The Morgan fingerprint density at radius 1 is 1.21 bits per heavy atom. The standard InChI is InChI=1S/C12H18FN/c1-10(2)12(8-13)14-9-11-6-4-3-5-7-11/h3-7,10,12,14H,8-9H2,1-2H3. The number of benzene rings is 1. The molecule has 1 atom stereocenters. The highest BCUT2D eigenvalue weighted by Gasteiger charge is 2.11. The molecule has 0 saturated carbocycles. The van der Waals surface area contributed by atoms with Gasteiger partial charge in [0.2, 0.25) is 0 Å². The molecule has 1 nitrogen and oxygen atoms in total. The Morgan fingerprint density at radius 3 is 2.36 bits per heavy atom. The van der Waals surface area contributed by atoms with Crippen LogP contribution in [0, 0.1) is 5.92 Å². The number of hydrogen-bond acceptors (Lipinski definition) is 1. The normalized spacial score (nSPS) is 13.1. The summed E-state index contributed by atoms with van der Waals surface area (Å²) < 4.78 is 12.5. The zero-order chi connectivity index (χ0) is 10.4. The van der Waals surface area contributed by atoms with Crippen molar-refractivity contribution in [3.8, 4) is 0 Å². The van der Waals surface area contributed by atoms with Crippen molar-refractivity contribution in [1.29, 1.82) is 0 Å². The van der Waals surface area contributed by atoms with E-state index >= 15 is 0 Å². The van der Waals surface area contributed by atoms with E-state index in [0.29, 0.717) is 5.92 Å². The largest absolute Gasteiger partial charge is 0.307 e. The molecule has 0 bridgehead atoms. The third kappa shape index (κ3) is 3.46. The molecule has 0 spiro atoms. The minimum absolute atomic E-state index is 0.0322. The molecule has 78 valence electrons. The van der Waals surface area contributed by atoms with E-state index in [1.807, 2.05) is 44.2 Å². The van der Waals surface area contributed by atoms with Crippen molar-refractivity contribution in [2.75, 3.05) is 6.67 Å². The molecule has 1 aromatic carbocycles. The van der Waals surface area contributed by atoms with Crippen molar-refractivity contribution >= 4 is 0 Å². The van der Waals surface area contributed by atoms with E-state index in [1.165, 1.54) is 5.56 Å². The molecule has 1 unspecified atom stereocenters. The number of hydrogen-bond donors (Lipinski definition) is 1. The first-order chi connectivity index (χ1) is 6.74. The van der Waals surface area contributed by atoms with Crippen molar-refractivity contribution < 1.29 is 4.39 Å². The fourth-order valence-corrected chi connectivity index (χ4v) is 1.31. The van der Waals surface area contributed by atoms with Gasteiger partial charge in [0, 0.05) is 12.6 Å². The topological polar surface area (TPSA) is 12.0 Å². The summed E-state index contributed by atoms with van der Waals surface area (Å²) in [6.07, 6.45) is 0. The monoisotopic (exact) mass is 195 g/mol. The molecule has 1 aromatic rings. The summed E-state index contributed by atoms with van der Waals surface area (Å²) in [5.74, 6) is 0.337. The summed E-state index contributed by atoms with van der Waals surface area (Å²) in [4.78, 5) is 0. The van der Waals surface area contributed by atoms with Crippen LogP contribution in [0.25, 0.3) is 0 Å². The average Bonchev–Trinajstić information content (AvgIpc) is 2.20. The lowest BCUT2D eigenvalue weighted by Crippen LogP contribution is -2.35. The highest BCUT2D eigenvalue weighted by atomic mass is 19.1. The maximum Gasteiger partial charge on any atom is 0.105 e. The van der Waals surface area contributed by atoms with E-state index in [1.54, 1.807) is 0 Å². The predicted molar refractivity (Wildman–Crippen MR) is 57.9 cm³/mol. The van der Waals surface area contributed by atoms with Gasteiger partial charge in [-0.3, -0.25) is 0 Å². The predicted octanol–water partition coefficient (Wildman–Crippen LogP) is 2.77. The molecular weight excluding hydrogens is 177 g/mol. The smallest absolute Gasteiger partial charge is 0.105 e. The third-order valence-electron chi connectivity index (χ3n) is 2.38. The van der Waals surface area contributed by atoms with Crippen LogP contribution in [-0.2, 0) is 6.54 Å². The van der Waals surface area contributed by atoms with Gasteiger partial charge < -0.3 is 5.32 Å². The molecule has 0 heterocycles. The highest BCUT2D eigenvalue weighted by Crippen LogP contribution is 2.04. The summed E-state index contributed by atoms with van der Waals surface area (Å²) in [6, 6.07) is 10.0. The van der Waals surface area contributed by atoms with Crippen LogP contribution in [0.5, 0.6) is 0 Å². The molecule has 0 amide bonds. The van der Waals surface area contributed by atoms with E-state index < -0.39 is 0 Å². The Labute approximate surface area is 85.3 Å². The Hall–Kier alpha value is -0.890. The Kier molecular flexibility index (Phi) is 4.60. The minimum atomic E-state index is -0.301. The van der Waals surface area contributed by atoms with Crippen molar-refractivity contribution in [2.45, 2.75) is 26.4 Å². The van der Waals surface area contributed by atoms with Gasteiger partial charge in [0.15, 0.2) is 0 Å². The second kappa shape index (κ2) is 5.76. The Bertz CT molecular complexity index is 246. The van der Waals surface area contributed by atoms with Crippen LogP contribution < -0.4 is 5.32 Å². The molecular formula is C12H18FN. The summed E-state index contributed by atoms with van der Waals surface area (Å²) in [6.45, 7) is 4.50. The zero-order valence-electron chi connectivity index (χ0n) is 8.83. The number of nitrogens with one attached hydrogen (secondary N) is 1. The van der Waals surface area contributed by atoms with E-state index in [2.05, 4.69) is 5.32 Å². The molecule has 0 saturated heterocycles. The lowest BCUT2D eigenvalue weighted by molar-refractivity contribution is 0.309. The van der Waals surface area contributed by atoms with Gasteiger partial charge in [-0.25, -0.2) is 4.39 Å². The van der Waals surface area contributed by atoms with Crippen LogP contribution in [-0.4, -0.2) is 12.7 Å². The van der Waals surface area contributed by atoms with Gasteiger partial charge in [-0.2, -0.15) is 0 Å². The van der Waals surface area contributed by atoms with Gasteiger partial charge in [0.05, 0.1) is 0 Å². The highest BCUT2D eigenvalue weighted by molar-refractivity contribution is 5.14. The molecule has 14 heavy (non-hydrogen) atoms. The van der Waals surface area contributed by atoms with Crippen LogP contribution in [0.3, 0.4) is 0 Å². The maximum absolute atomic E-state index is 12.5. The van der Waals surface area contributed by atoms with E-state index in [9.17, 15) is 4.39 Å². The lowest BCUT2D eigenvalue weighted by Gasteiger charge is -2.18. The number of halogens is 1. The molecule has 0 radical (unpaired) electrons. The summed E-state index contributed by atoms with van der Waals surface area (Å²) in [5.41, 5.74) is 1.20. The molecule has 2 heteroatoms. The average molecular weight is 195 g/mol. The SMILES string of the molecule is CC(C)C(CF)NCc1ccccc1. The Balaban J connectivity index is 2.40. The van der Waals surface area contributed by atoms with Crippen LogP contribution >= 0.6 is 0 Å². The molecule has 0 aromatic heterocycles. The van der Waals surface area contributed by atoms with Crippen molar-refractivity contribution in [2.24, 2.45) is 5.92 Å². The van der Waals surface area contributed by atoms with Crippen molar-refractivity contribution in [3.05, 3.63) is 35.9 Å². The molecule has 0 aliphatic heterocycles. The van der Waals surface area contributed by atoms with Crippen molar-refractivity contribution in [3.63, 3.8) is 0 Å². The second-order valence-corrected chi connectivity index (χ2v) is 3.87. The van der Waals surface area contributed by atoms with E-state index in [4.69, 9.17) is 0 Å². The molecule has 0 aliphatic carbocycles. The van der Waals surface area contributed by atoms with Gasteiger partial charge in [-0.1, -0.05) is 44.2 Å². The minimum Gasteiger partial charge on any atom is -0.307 e. The van der Waals surface area contributed by atoms with E-state index in [-0.39, 0.29) is 12.7 Å². The van der Waals surface area contributed by atoms with Gasteiger partial charge in [0.25, 0.3) is 0 Å². The molecule has 0 fully saturated rings. The summed E-state index contributed by atoms with van der Waals surface area (Å²) >= 11 is 0. The third-order valence-corrected chi connectivity index (χ3v) is 2.38. The van der Waals surface area contributed by atoms with E-state index in [0.717, 1.165) is 6.54 Å². The van der Waals surface area contributed by atoms with Crippen LogP contribution in [0.15, 0.2) is 30.3 Å². The lowest BCUT2D eigenvalue weighted by atomic mass is 10.1. The molecule has 1 rings (SSSR count). The fourth-order valence-electron chi connectivity index (χ4n) is 1.31. The number of alkyl halides is 1. The van der Waals surface area contributed by atoms with Crippen LogP contribution in [0.4, 0.5) is 4.39 Å². The first-order valence-corrected chi connectivity index (χ1v) is 5.07. The first kappa shape index (κ1) is 11.2. The maximum atomic E-state index is 12.5. The summed E-state index contributed by atoms with van der Waals surface area (Å²) in [5, 5.41) is 3.21. The zero-order valence-corrected chi connectivity index (χ0v) is 8.83. The van der Waals surface area contributed by atoms with Crippen LogP contribution in [0.2, 0.25) is 0 Å². The van der Waals surface area contributed by atoms with Gasteiger partial charge in [-0.05, 0) is 11.5 Å². The fraction of sp³-hybridized carbons (Fsp3) is 0.500. The quantitative estimate of drug-likeness (QED) is 0.761. The number of rotatable bonds is 5. The summed E-state index contributed by atoms with van der Waals surface area (Å²) in [7, 11) is 0. The van der Waals surface area contributed by atoms with Gasteiger partial charge >= 0.3 is 0 Å². The van der Waals surface area contributed by atoms with Crippen molar-refractivity contribution in [1.82, 2.24) is 5.32 Å². The van der Waals surface area contributed by atoms with Gasteiger partial charge in [-0.15, -0.1) is 0 Å². The second-order valence-electron chi connectivity index (χ2n) is 3.87. The molecule has 0 aliphatic rings. The Morgan fingerprint density at radius 2 is 1.86 bits per heavy atom. The molecule has 1 N–H and O–H groups in total. The van der Waals surface area contributed by atoms with Crippen LogP contribution in [0.1, 0.15) is 19.4 Å². The first-order valence-electron chi connectivity index (χ1n) is 5.07.